The van der Waals surface area contributed by atoms with Gasteiger partial charge < -0.3 is 60.0 Å². The van der Waals surface area contributed by atoms with Gasteiger partial charge in [-0.1, -0.05) is 108 Å². The zero-order valence-corrected chi connectivity index (χ0v) is 62.3. The fourth-order valence-corrected chi connectivity index (χ4v) is 16.1. The van der Waals surface area contributed by atoms with E-state index in [2.05, 4.69) is 20.9 Å². The second kappa shape index (κ2) is 35.7. The van der Waals surface area contributed by atoms with Gasteiger partial charge in [0.05, 0.1) is 30.1 Å². The molecule has 3 aliphatic heterocycles. The summed E-state index contributed by atoms with van der Waals surface area (Å²) in [6.07, 6.45) is 8.21. The minimum Gasteiger partial charge on any atom is -0.343 e. The van der Waals surface area contributed by atoms with Crippen LogP contribution in [0.15, 0.2) is 42.7 Å². The molecule has 6 aliphatic rings. The molecule has 4 heterocycles. The number of aromatic nitrogens is 1. The van der Waals surface area contributed by atoms with Gasteiger partial charge in [0.15, 0.2) is 0 Å². The normalized spacial score (nSPS) is 26.9. The Balaban J connectivity index is 1.19. The van der Waals surface area contributed by atoms with E-state index < -0.39 is 173 Å². The van der Waals surface area contributed by atoms with Crippen molar-refractivity contribution in [3.8, 4) is 0 Å². The summed E-state index contributed by atoms with van der Waals surface area (Å²) in [5.74, 6) is -8.86. The Bertz CT molecular complexity index is 3400. The molecule has 29 heteroatoms. The predicted octanol–water partition coefficient (Wildman–Crippen LogP) is 5.62. The molecular formula is C74H107ClF3N13O12. The number of likely N-dealkylation sites (tertiary alicyclic amines) is 1. The number of aryl methyl sites for hydroxylation is 1. The molecule has 1 spiro atoms. The van der Waals surface area contributed by atoms with Gasteiger partial charge >= 0.3 is 6.18 Å². The number of nitrogens with zero attached hydrogens (tertiary/aromatic N) is 10. The highest BCUT2D eigenvalue weighted by Crippen LogP contribution is 2.38. The lowest BCUT2D eigenvalue weighted by atomic mass is 9.81. The number of nitrogens with one attached hydrogen (secondary N) is 3. The van der Waals surface area contributed by atoms with E-state index in [4.69, 9.17) is 11.6 Å². The third-order valence-corrected chi connectivity index (χ3v) is 23.1. The number of rotatable bonds is 11. The van der Waals surface area contributed by atoms with Crippen molar-refractivity contribution in [2.24, 2.45) is 17.8 Å². The lowest BCUT2D eigenvalue weighted by Crippen LogP contribution is -2.65. The van der Waals surface area contributed by atoms with E-state index in [0.717, 1.165) is 78.2 Å². The SMILES string of the molecule is CC[C@H](C)[C@@H]1NC(=O)[C@H](C)N(C)C(=O)C[C@@H](C(=O)N2CCCC2)N(C)C(=O)[C@H](C2CCCCC2)N(C)C(=O)C2(CCCC2)NC(=O)[C@H](Cc2cccnc2)N(C)C(=O)[C@H](CCc2ccc(C(F)(F)F)c(Cl)c2)NC(=O)CN(C)C(=O)[C@H](CC2CCCCC2)N(C)C(=O)C2CCN2C(=O)CN(C)C1=O. The van der Waals surface area contributed by atoms with Crippen LogP contribution in [0.4, 0.5) is 13.2 Å². The molecular weight excluding hydrogens is 1360 g/mol. The average Bonchev–Trinajstić information content (AvgIpc) is 1.75. The Morgan fingerprint density at radius 1 is 0.660 bits per heavy atom. The molecule has 12 amide bonds. The highest BCUT2D eigenvalue weighted by atomic mass is 35.5. The van der Waals surface area contributed by atoms with E-state index in [1.165, 1.54) is 99.2 Å². The number of carbonyl (C=O) groups is 12. The number of fused-ring (bicyclic) bond motifs is 1. The van der Waals surface area contributed by atoms with Crippen molar-refractivity contribution in [2.45, 2.75) is 229 Å². The number of halogens is 4. The van der Waals surface area contributed by atoms with E-state index in [0.29, 0.717) is 63.6 Å². The maximum atomic E-state index is 15.9. The smallest absolute Gasteiger partial charge is 0.343 e. The molecule has 1 aromatic carbocycles. The average molecular weight is 1460 g/mol. The first-order valence-electron chi connectivity index (χ1n) is 36.9. The van der Waals surface area contributed by atoms with Crippen LogP contribution in [-0.4, -0.2) is 256 Å². The van der Waals surface area contributed by atoms with Crippen molar-refractivity contribution in [3.05, 3.63) is 64.4 Å². The quantitative estimate of drug-likeness (QED) is 0.247. The highest BCUT2D eigenvalue weighted by molar-refractivity contribution is 6.31. The summed E-state index contributed by atoms with van der Waals surface area (Å²) in [6.45, 7) is 4.78. The second-order valence-electron chi connectivity index (χ2n) is 29.8. The van der Waals surface area contributed by atoms with Crippen molar-refractivity contribution in [1.82, 2.24) is 65.0 Å². The topological polar surface area (TPSA) is 283 Å². The fourth-order valence-electron chi connectivity index (χ4n) is 15.8. The van der Waals surface area contributed by atoms with Crippen LogP contribution < -0.4 is 16.0 Å². The number of pyridine rings is 1. The lowest BCUT2D eigenvalue weighted by Gasteiger charge is -2.44. The zero-order chi connectivity index (χ0) is 75.4. The van der Waals surface area contributed by atoms with Gasteiger partial charge in [-0.05, 0) is 118 Å². The van der Waals surface area contributed by atoms with Gasteiger partial charge in [0.2, 0.25) is 70.9 Å². The Hall–Kier alpha value is -7.91. The number of hydrogen-bond donors (Lipinski definition) is 3. The largest absolute Gasteiger partial charge is 0.417 e. The maximum absolute atomic E-state index is 15.9. The first-order chi connectivity index (χ1) is 48.8. The van der Waals surface area contributed by atoms with Crippen molar-refractivity contribution >= 4 is 82.5 Å². The standard InChI is InChI=1S/C74H107ClF3N13O12/c1-11-46(2)62-70(101)84(5)45-61(94)91-38-32-55(91)68(99)87(8)57(40-48-23-14-12-15-24-48)67(98)83(4)44-59(92)80-54(31-29-49-28-30-52(53(75)39-49)74(76,77)78)66(97)86(7)56(41-50-25-22-35-79-43-50)65(96)82-73(33-18-19-34-73)72(103)89(10)63(51-26-16-13-17-27-51)71(102)88(9)58(69(100)90-36-20-21-37-90)42-60(93)85(6)47(3)64(95)81-62/h22,25,28,30,35,39,43,46-48,51,54-58,62-63H,11-21,23-24,26-27,29,31-34,36-38,40-42,44-45H2,1-10H3,(H,80,92)(H,81,95)(H,82,96)/t46-,47-,54-,55?,56-,57-,58-,62-,63-/m0/s1. The number of likely N-dealkylation sites (N-methyl/N-ethyl adjacent to an activating group) is 7. The molecule has 3 N–H and O–H groups in total. The zero-order valence-electron chi connectivity index (χ0n) is 61.6. The van der Waals surface area contributed by atoms with Crippen LogP contribution >= 0.6 is 11.6 Å². The van der Waals surface area contributed by atoms with Gasteiger partial charge in [-0.25, -0.2) is 0 Å². The minimum atomic E-state index is -4.78. The van der Waals surface area contributed by atoms with Crippen LogP contribution in [0.25, 0.3) is 0 Å². The summed E-state index contributed by atoms with van der Waals surface area (Å²) in [5.41, 5.74) is -1.98. The third kappa shape index (κ3) is 19.5. The van der Waals surface area contributed by atoms with Crippen LogP contribution in [0.2, 0.25) is 5.02 Å². The summed E-state index contributed by atoms with van der Waals surface area (Å²) in [4.78, 5) is 196. The monoisotopic (exact) mass is 1460 g/mol. The molecule has 25 nitrogen and oxygen atoms in total. The summed E-state index contributed by atoms with van der Waals surface area (Å²) < 4.78 is 41.9. The summed E-state index contributed by atoms with van der Waals surface area (Å²) in [7, 11) is 9.92. The van der Waals surface area contributed by atoms with E-state index in [1.54, 1.807) is 24.0 Å². The lowest BCUT2D eigenvalue weighted by molar-refractivity contribution is -0.158. The number of amides is 12. The third-order valence-electron chi connectivity index (χ3n) is 22.8. The van der Waals surface area contributed by atoms with E-state index in [9.17, 15) is 46.7 Å². The Morgan fingerprint density at radius 3 is 1.88 bits per heavy atom. The first kappa shape index (κ1) is 80.8. The molecule has 1 aromatic heterocycles. The van der Waals surface area contributed by atoms with Crippen LogP contribution in [0.5, 0.6) is 0 Å². The van der Waals surface area contributed by atoms with E-state index in [1.807, 2.05) is 6.92 Å². The van der Waals surface area contributed by atoms with Gasteiger partial charge in [-0.15, -0.1) is 0 Å². The molecule has 3 saturated carbocycles. The van der Waals surface area contributed by atoms with Crippen molar-refractivity contribution in [1.29, 1.82) is 0 Å². The molecule has 2 aromatic rings. The number of benzene rings is 1. The first-order valence-corrected chi connectivity index (χ1v) is 37.2. The van der Waals surface area contributed by atoms with Crippen LogP contribution in [0.3, 0.4) is 0 Å². The second-order valence-corrected chi connectivity index (χ2v) is 30.2. The fraction of sp³-hybridized carbons (Fsp3) is 0.689. The molecule has 568 valence electrons. The Labute approximate surface area is 608 Å². The summed E-state index contributed by atoms with van der Waals surface area (Å²) in [6, 6.07) is -3.72. The molecule has 103 heavy (non-hydrogen) atoms. The summed E-state index contributed by atoms with van der Waals surface area (Å²) in [5, 5.41) is 8.08. The van der Waals surface area contributed by atoms with Crippen LogP contribution in [0.1, 0.15) is 172 Å². The molecule has 0 bridgehead atoms. The minimum absolute atomic E-state index is 0.00982. The van der Waals surface area contributed by atoms with Crippen molar-refractivity contribution < 1.29 is 70.7 Å². The van der Waals surface area contributed by atoms with Gasteiger partial charge in [0.1, 0.15) is 53.9 Å². The number of hydrogen-bond acceptors (Lipinski definition) is 13. The number of carbonyl (C=O) groups excluding carboxylic acids is 12. The number of alkyl halides is 3. The highest BCUT2D eigenvalue weighted by Gasteiger charge is 2.51. The molecule has 6 fully saturated rings. The molecule has 1 unspecified atom stereocenters. The summed E-state index contributed by atoms with van der Waals surface area (Å²) >= 11 is 6.20. The van der Waals surface area contributed by atoms with Crippen molar-refractivity contribution in [2.75, 3.05) is 82.1 Å². The van der Waals surface area contributed by atoms with E-state index in [-0.39, 0.29) is 63.0 Å². The van der Waals surface area contributed by atoms with Gasteiger partial charge in [-0.2, -0.15) is 13.2 Å². The molecule has 0 radical (unpaired) electrons. The van der Waals surface area contributed by atoms with Crippen LogP contribution in [0, 0.1) is 17.8 Å². The molecule has 9 atom stereocenters. The molecule has 3 saturated heterocycles. The van der Waals surface area contributed by atoms with Gasteiger partial charge in [0, 0.05) is 87.8 Å². The van der Waals surface area contributed by atoms with Crippen molar-refractivity contribution in [3.63, 3.8) is 0 Å². The predicted molar refractivity (Wildman–Crippen MR) is 377 cm³/mol. The van der Waals surface area contributed by atoms with Gasteiger partial charge in [0.25, 0.3) is 0 Å². The Kier molecular flexibility index (Phi) is 28.0. The Morgan fingerprint density at radius 2 is 1.29 bits per heavy atom. The van der Waals surface area contributed by atoms with E-state index >= 15 is 24.0 Å². The molecule has 8 rings (SSSR count). The van der Waals surface area contributed by atoms with Crippen LogP contribution in [-0.2, 0) is 76.6 Å². The molecule has 3 aliphatic carbocycles. The van der Waals surface area contributed by atoms with Gasteiger partial charge in [-0.3, -0.25) is 62.5 Å². The maximum Gasteiger partial charge on any atom is 0.417 e.